The van der Waals surface area contributed by atoms with Crippen molar-refractivity contribution >= 4 is 0 Å². The number of aromatic nitrogens is 4. The van der Waals surface area contributed by atoms with Crippen LogP contribution in [0, 0.1) is 5.92 Å². The van der Waals surface area contributed by atoms with Gasteiger partial charge in [0.05, 0.1) is 16.9 Å². The Balaban J connectivity index is 1.40. The van der Waals surface area contributed by atoms with Crippen molar-refractivity contribution in [1.29, 1.82) is 0 Å². The molecule has 1 aromatic heterocycles. The van der Waals surface area contributed by atoms with Gasteiger partial charge < -0.3 is 4.90 Å². The van der Waals surface area contributed by atoms with Crippen molar-refractivity contribution in [1.82, 2.24) is 25.1 Å². The van der Waals surface area contributed by atoms with Crippen molar-refractivity contribution in [2.75, 3.05) is 19.6 Å². The Hall–Kier alpha value is -1.89. The smallest absolute Gasteiger partial charge is 0.263 e. The zero-order chi connectivity index (χ0) is 18.6. The average molecular weight is 361 g/mol. The lowest BCUT2D eigenvalue weighted by atomic mass is 9.87. The number of nitrogens with zero attached hydrogens (tertiary/aromatic N) is 5. The molecule has 2 unspecified atom stereocenters. The molecule has 26 heavy (non-hydrogen) atoms. The van der Waals surface area contributed by atoms with Crippen LogP contribution in [-0.2, 0) is 17.4 Å². The molecule has 0 N–H and O–H groups in total. The van der Waals surface area contributed by atoms with E-state index in [1.807, 2.05) is 51.1 Å². The van der Waals surface area contributed by atoms with E-state index in [0.29, 0.717) is 38.3 Å². The number of benzene rings is 1. The lowest BCUT2D eigenvalue weighted by Gasteiger charge is -2.30. The number of hydrogen-bond donors (Lipinski definition) is 0. The molecule has 1 saturated heterocycles. The summed E-state index contributed by atoms with van der Waals surface area (Å²) in [7, 11) is 0. The van der Waals surface area contributed by atoms with E-state index in [4.69, 9.17) is 0 Å². The summed E-state index contributed by atoms with van der Waals surface area (Å²) in [5, 5.41) is 12.6. The fraction of sp³-hybridized carbons (Fsp3) is 0.632. The minimum Gasteiger partial charge on any atom is -0.302 e. The van der Waals surface area contributed by atoms with E-state index >= 15 is 0 Å². The molecule has 2 atom stereocenters. The van der Waals surface area contributed by atoms with Gasteiger partial charge in [0.15, 0.2) is 5.82 Å². The van der Waals surface area contributed by atoms with Crippen LogP contribution in [0.1, 0.15) is 38.6 Å². The number of hydrogen-bond acceptors (Lipinski definition) is 4. The third-order valence-corrected chi connectivity index (χ3v) is 5.80. The normalized spacial score (nSPS) is 28.0. The maximum Gasteiger partial charge on any atom is 0.263 e. The minimum absolute atomic E-state index is 0.207. The summed E-state index contributed by atoms with van der Waals surface area (Å²) in [6.45, 7) is 7.83. The highest BCUT2D eigenvalue weighted by molar-refractivity contribution is 5.42. The number of piperidine rings is 1. The number of halogens is 2. The predicted octanol–water partition coefficient (Wildman–Crippen LogP) is 2.88. The molecule has 0 amide bonds. The first-order valence-electron chi connectivity index (χ1n) is 9.20. The fourth-order valence-corrected chi connectivity index (χ4v) is 4.19. The van der Waals surface area contributed by atoms with Crippen molar-refractivity contribution in [2.24, 2.45) is 5.92 Å². The molecular formula is C19H25F2N5. The molecule has 2 aliphatic rings. The first-order chi connectivity index (χ1) is 12.2. The summed E-state index contributed by atoms with van der Waals surface area (Å²) < 4.78 is 29.3. The molecule has 7 heteroatoms. The topological polar surface area (TPSA) is 46.8 Å². The van der Waals surface area contributed by atoms with Gasteiger partial charge in [-0.15, -0.1) is 10.2 Å². The second-order valence-corrected chi connectivity index (χ2v) is 8.48. The predicted molar refractivity (Wildman–Crippen MR) is 94.1 cm³/mol. The molecule has 5 nitrogen and oxygen atoms in total. The van der Waals surface area contributed by atoms with Crippen molar-refractivity contribution in [3.05, 3.63) is 41.7 Å². The van der Waals surface area contributed by atoms with Crippen molar-refractivity contribution in [2.45, 2.75) is 50.5 Å². The molecule has 2 fully saturated rings. The second-order valence-electron chi connectivity index (χ2n) is 8.48. The van der Waals surface area contributed by atoms with Gasteiger partial charge in [-0.25, -0.2) is 8.78 Å². The van der Waals surface area contributed by atoms with Crippen LogP contribution >= 0.6 is 0 Å². The molecule has 1 aliphatic carbocycles. The summed E-state index contributed by atoms with van der Waals surface area (Å²) in [6, 6.07) is 9.28. The van der Waals surface area contributed by atoms with Crippen LogP contribution in [0.15, 0.2) is 30.3 Å². The molecule has 1 saturated carbocycles. The van der Waals surface area contributed by atoms with Crippen LogP contribution in [0.5, 0.6) is 0 Å². The quantitative estimate of drug-likeness (QED) is 0.840. The number of alkyl halides is 2. The Kier molecular flexibility index (Phi) is 3.91. The van der Waals surface area contributed by atoms with Crippen molar-refractivity contribution < 1.29 is 8.78 Å². The molecule has 0 spiro atoms. The molecule has 1 aromatic carbocycles. The van der Waals surface area contributed by atoms with Gasteiger partial charge in [-0.05, 0) is 44.5 Å². The van der Waals surface area contributed by atoms with Gasteiger partial charge in [0.1, 0.15) is 0 Å². The summed E-state index contributed by atoms with van der Waals surface area (Å²) in [5.74, 6) is -2.54. The van der Waals surface area contributed by atoms with E-state index in [0.717, 1.165) is 5.56 Å². The molecule has 0 radical (unpaired) electrons. The van der Waals surface area contributed by atoms with Crippen molar-refractivity contribution in [3.63, 3.8) is 0 Å². The fourth-order valence-electron chi connectivity index (χ4n) is 4.19. The highest BCUT2D eigenvalue weighted by Gasteiger charge is 2.81. The number of fused-ring (bicyclic) bond motifs is 1. The van der Waals surface area contributed by atoms with E-state index in [9.17, 15) is 8.78 Å². The third kappa shape index (κ3) is 2.64. The largest absolute Gasteiger partial charge is 0.302 e. The van der Waals surface area contributed by atoms with E-state index in [1.165, 1.54) is 0 Å². The van der Waals surface area contributed by atoms with Crippen LogP contribution in [0.3, 0.4) is 0 Å². The van der Waals surface area contributed by atoms with Crippen LogP contribution in [0.4, 0.5) is 8.78 Å². The van der Waals surface area contributed by atoms with Crippen LogP contribution < -0.4 is 0 Å². The maximum absolute atomic E-state index is 14.6. The summed E-state index contributed by atoms with van der Waals surface area (Å²) in [6.07, 6.45) is 1.13. The van der Waals surface area contributed by atoms with E-state index in [1.54, 1.807) is 4.80 Å². The van der Waals surface area contributed by atoms with Gasteiger partial charge in [-0.2, -0.15) is 4.80 Å². The lowest BCUT2D eigenvalue weighted by Crippen LogP contribution is -2.37. The number of likely N-dealkylation sites (tertiary alicyclic amines) is 1. The zero-order valence-electron chi connectivity index (χ0n) is 15.5. The van der Waals surface area contributed by atoms with E-state index in [2.05, 4.69) is 20.3 Å². The molecule has 2 aromatic rings. The van der Waals surface area contributed by atoms with Gasteiger partial charge in [0.2, 0.25) is 0 Å². The Labute approximate surface area is 152 Å². The summed E-state index contributed by atoms with van der Waals surface area (Å²) >= 11 is 0. The first-order valence-corrected chi connectivity index (χ1v) is 9.20. The lowest BCUT2D eigenvalue weighted by molar-refractivity contribution is 0.0773. The number of rotatable bonds is 4. The molecular weight excluding hydrogens is 336 g/mol. The third-order valence-electron chi connectivity index (χ3n) is 5.80. The molecule has 140 valence electrons. The standard InChI is InChI=1S/C19H25F2N5/c1-17(2,3)26-23-16(22-24-26)9-11-25-12-10-18(14-7-5-4-6-8-14)15(13-25)19(18,20)21/h4-8,15H,9-13H2,1-3H3. The Morgan fingerprint density at radius 1 is 1.19 bits per heavy atom. The molecule has 2 heterocycles. The number of tetrazole rings is 1. The van der Waals surface area contributed by atoms with E-state index in [-0.39, 0.29) is 5.54 Å². The summed E-state index contributed by atoms with van der Waals surface area (Å²) in [5.41, 5.74) is -0.385. The Morgan fingerprint density at radius 3 is 2.54 bits per heavy atom. The molecule has 4 rings (SSSR count). The van der Waals surface area contributed by atoms with Gasteiger partial charge in [0.25, 0.3) is 5.92 Å². The molecule has 0 bridgehead atoms. The van der Waals surface area contributed by atoms with Crippen LogP contribution in [0.2, 0.25) is 0 Å². The highest BCUT2D eigenvalue weighted by Crippen LogP contribution is 2.70. The molecule has 1 aliphatic heterocycles. The Bertz CT molecular complexity index is 783. The van der Waals surface area contributed by atoms with Crippen molar-refractivity contribution in [3.8, 4) is 0 Å². The maximum atomic E-state index is 14.6. The van der Waals surface area contributed by atoms with Crippen LogP contribution in [-0.4, -0.2) is 50.7 Å². The van der Waals surface area contributed by atoms with Gasteiger partial charge in [0, 0.05) is 19.5 Å². The second kappa shape index (κ2) is 5.81. The van der Waals surface area contributed by atoms with Gasteiger partial charge >= 0.3 is 0 Å². The Morgan fingerprint density at radius 2 is 1.92 bits per heavy atom. The van der Waals surface area contributed by atoms with Crippen LogP contribution in [0.25, 0.3) is 0 Å². The zero-order valence-corrected chi connectivity index (χ0v) is 15.5. The monoisotopic (exact) mass is 361 g/mol. The first kappa shape index (κ1) is 17.5. The average Bonchev–Trinajstić information content (AvgIpc) is 2.93. The minimum atomic E-state index is -2.61. The van der Waals surface area contributed by atoms with Gasteiger partial charge in [-0.3, -0.25) is 0 Å². The van der Waals surface area contributed by atoms with Gasteiger partial charge in [-0.1, -0.05) is 30.3 Å². The SMILES string of the molecule is CC(C)(C)n1nnc(CCN2CCC3(c4ccccc4)C(C2)C3(F)F)n1. The highest BCUT2D eigenvalue weighted by atomic mass is 19.3. The summed E-state index contributed by atoms with van der Waals surface area (Å²) in [4.78, 5) is 3.72. The van der Waals surface area contributed by atoms with E-state index < -0.39 is 17.3 Å².